The molecule has 1 aromatic heterocycles. The van der Waals surface area contributed by atoms with Crippen LogP contribution in [0, 0.1) is 17.6 Å². The van der Waals surface area contributed by atoms with E-state index in [9.17, 15) is 13.6 Å². The molecule has 6 heteroatoms. The number of hydrogen-bond acceptors (Lipinski definition) is 2. The zero-order valence-electron chi connectivity index (χ0n) is 13.5. The van der Waals surface area contributed by atoms with Gasteiger partial charge in [-0.3, -0.25) is 4.79 Å². The molecule has 128 valence electrons. The van der Waals surface area contributed by atoms with Crippen LogP contribution in [0.25, 0.3) is 0 Å². The van der Waals surface area contributed by atoms with Crippen molar-refractivity contribution in [3.8, 4) is 0 Å². The highest BCUT2D eigenvalue weighted by Gasteiger charge is 2.24. The third kappa shape index (κ3) is 3.99. The number of aromatic nitrogens is 2. The first-order valence-electron chi connectivity index (χ1n) is 8.30. The van der Waals surface area contributed by atoms with Gasteiger partial charge in [0, 0.05) is 31.0 Å². The summed E-state index contributed by atoms with van der Waals surface area (Å²) < 4.78 is 29.2. The summed E-state index contributed by atoms with van der Waals surface area (Å²) >= 11 is 0. The van der Waals surface area contributed by atoms with Crippen LogP contribution >= 0.6 is 0 Å². The van der Waals surface area contributed by atoms with Crippen molar-refractivity contribution >= 4 is 5.91 Å². The molecule has 0 spiro atoms. The summed E-state index contributed by atoms with van der Waals surface area (Å²) in [5, 5.41) is 0. The highest BCUT2D eigenvalue weighted by Crippen LogP contribution is 2.23. The molecule has 1 fully saturated rings. The number of amides is 1. The lowest BCUT2D eigenvalue weighted by molar-refractivity contribution is -0.133. The van der Waals surface area contributed by atoms with Gasteiger partial charge in [0.2, 0.25) is 5.91 Å². The molecule has 0 unspecified atom stereocenters. The van der Waals surface area contributed by atoms with E-state index in [1.54, 1.807) is 23.3 Å². The van der Waals surface area contributed by atoms with E-state index in [-0.39, 0.29) is 23.9 Å². The quantitative estimate of drug-likeness (QED) is 0.843. The number of likely N-dealkylation sites (tertiary alicyclic amines) is 1. The van der Waals surface area contributed by atoms with Crippen molar-refractivity contribution in [2.24, 2.45) is 5.92 Å². The molecule has 24 heavy (non-hydrogen) atoms. The third-order valence-electron chi connectivity index (χ3n) is 4.61. The number of hydrogen-bond donors (Lipinski definition) is 0. The smallest absolute Gasteiger partial charge is 0.242 e. The maximum absolute atomic E-state index is 13.7. The number of carbonyl (C=O) groups is 1. The van der Waals surface area contributed by atoms with E-state index in [0.717, 1.165) is 19.4 Å². The zero-order chi connectivity index (χ0) is 16.9. The number of carbonyl (C=O) groups excluding carboxylic acids is 1. The number of rotatable bonds is 5. The first-order valence-corrected chi connectivity index (χ1v) is 8.30. The first-order chi connectivity index (χ1) is 11.6. The van der Waals surface area contributed by atoms with Crippen LogP contribution < -0.4 is 0 Å². The van der Waals surface area contributed by atoms with Crippen LogP contribution in [0.2, 0.25) is 0 Å². The van der Waals surface area contributed by atoms with E-state index in [0.29, 0.717) is 19.4 Å². The maximum Gasteiger partial charge on any atom is 0.242 e. The Hall–Kier alpha value is -2.24. The standard InChI is InChI=1S/C18H21F2N3O/c19-16-4-1-5-17(20)15(16)7-6-14-3-2-9-23(11-14)18(24)12-22-10-8-21-13-22/h1,4-5,8,10,13-14H,2-3,6-7,9,11-12H2/t14-/m1/s1. The average molecular weight is 333 g/mol. The van der Waals surface area contributed by atoms with Gasteiger partial charge in [0.25, 0.3) is 0 Å². The lowest BCUT2D eigenvalue weighted by atomic mass is 9.91. The fourth-order valence-electron chi connectivity index (χ4n) is 3.28. The fourth-order valence-corrected chi connectivity index (χ4v) is 3.28. The summed E-state index contributed by atoms with van der Waals surface area (Å²) in [7, 11) is 0. The molecule has 2 heterocycles. The predicted octanol–water partition coefficient (Wildman–Crippen LogP) is 3.03. The topological polar surface area (TPSA) is 38.1 Å². The van der Waals surface area contributed by atoms with Gasteiger partial charge in [0.05, 0.1) is 6.33 Å². The molecule has 0 bridgehead atoms. The zero-order valence-corrected chi connectivity index (χ0v) is 13.5. The molecule has 0 N–H and O–H groups in total. The van der Waals surface area contributed by atoms with Crippen molar-refractivity contribution in [2.45, 2.75) is 32.2 Å². The molecule has 0 saturated carbocycles. The fraction of sp³-hybridized carbons (Fsp3) is 0.444. The van der Waals surface area contributed by atoms with E-state index in [4.69, 9.17) is 0 Å². The summed E-state index contributed by atoms with van der Waals surface area (Å²) in [6.45, 7) is 1.69. The lowest BCUT2D eigenvalue weighted by Gasteiger charge is -2.33. The van der Waals surface area contributed by atoms with Crippen LogP contribution in [0.4, 0.5) is 8.78 Å². The molecule has 0 aliphatic carbocycles. The van der Waals surface area contributed by atoms with Crippen molar-refractivity contribution in [3.05, 3.63) is 54.1 Å². The van der Waals surface area contributed by atoms with Crippen molar-refractivity contribution in [1.82, 2.24) is 14.5 Å². The number of nitrogens with zero attached hydrogens (tertiary/aromatic N) is 3. The van der Waals surface area contributed by atoms with Crippen molar-refractivity contribution in [1.29, 1.82) is 0 Å². The number of benzene rings is 1. The molecule has 2 aromatic rings. The lowest BCUT2D eigenvalue weighted by Crippen LogP contribution is -2.41. The van der Waals surface area contributed by atoms with E-state index in [1.807, 2.05) is 4.90 Å². The largest absolute Gasteiger partial charge is 0.341 e. The second-order valence-corrected chi connectivity index (χ2v) is 6.32. The molecule has 1 aromatic carbocycles. The van der Waals surface area contributed by atoms with Gasteiger partial charge in [-0.05, 0) is 43.7 Å². The summed E-state index contributed by atoms with van der Waals surface area (Å²) in [5.41, 5.74) is 0.152. The Labute approximate surface area is 140 Å². The van der Waals surface area contributed by atoms with Crippen LogP contribution in [0.5, 0.6) is 0 Å². The van der Waals surface area contributed by atoms with Crippen molar-refractivity contribution in [2.75, 3.05) is 13.1 Å². The van der Waals surface area contributed by atoms with E-state index in [2.05, 4.69) is 4.98 Å². The van der Waals surface area contributed by atoms with Crippen LogP contribution in [0.1, 0.15) is 24.8 Å². The molecular weight excluding hydrogens is 312 g/mol. The van der Waals surface area contributed by atoms with Gasteiger partial charge in [-0.1, -0.05) is 6.07 Å². The van der Waals surface area contributed by atoms with Gasteiger partial charge in [-0.2, -0.15) is 0 Å². The molecule has 0 radical (unpaired) electrons. The molecule has 3 rings (SSSR count). The van der Waals surface area contributed by atoms with Gasteiger partial charge in [-0.15, -0.1) is 0 Å². The minimum atomic E-state index is -0.487. The number of halogens is 2. The second-order valence-electron chi connectivity index (χ2n) is 6.32. The number of imidazole rings is 1. The molecule has 1 aliphatic heterocycles. The second kappa shape index (κ2) is 7.55. The summed E-state index contributed by atoms with van der Waals surface area (Å²) in [5.74, 6) is -0.628. The Bertz CT molecular complexity index is 667. The van der Waals surface area contributed by atoms with Gasteiger partial charge >= 0.3 is 0 Å². The predicted molar refractivity (Wildman–Crippen MR) is 86.2 cm³/mol. The highest BCUT2D eigenvalue weighted by atomic mass is 19.1. The van der Waals surface area contributed by atoms with E-state index in [1.165, 1.54) is 18.2 Å². The molecule has 4 nitrogen and oxygen atoms in total. The SMILES string of the molecule is O=C(Cn1ccnc1)N1CCC[C@H](CCc2c(F)cccc2F)C1. The molecule has 1 aliphatic rings. The first kappa shape index (κ1) is 16.6. The Kier molecular flexibility index (Phi) is 5.23. The Morgan fingerprint density at radius 1 is 1.29 bits per heavy atom. The van der Waals surface area contributed by atoms with Crippen molar-refractivity contribution in [3.63, 3.8) is 0 Å². The van der Waals surface area contributed by atoms with Crippen LogP contribution in [-0.4, -0.2) is 33.4 Å². The molecule has 1 saturated heterocycles. The Morgan fingerprint density at radius 3 is 2.79 bits per heavy atom. The molecule has 1 amide bonds. The van der Waals surface area contributed by atoms with Crippen molar-refractivity contribution < 1.29 is 13.6 Å². The summed E-state index contributed by atoms with van der Waals surface area (Å²) in [4.78, 5) is 18.1. The summed E-state index contributed by atoms with van der Waals surface area (Å²) in [6, 6.07) is 3.96. The molecular formula is C18H21F2N3O. The Morgan fingerprint density at radius 2 is 2.08 bits per heavy atom. The van der Waals surface area contributed by atoms with Crippen LogP contribution in [0.3, 0.4) is 0 Å². The monoisotopic (exact) mass is 333 g/mol. The maximum atomic E-state index is 13.7. The minimum absolute atomic E-state index is 0.0646. The average Bonchev–Trinajstić information content (AvgIpc) is 3.07. The van der Waals surface area contributed by atoms with Gasteiger partial charge in [0.1, 0.15) is 18.2 Å². The van der Waals surface area contributed by atoms with Gasteiger partial charge in [0.15, 0.2) is 0 Å². The van der Waals surface area contributed by atoms with Gasteiger partial charge in [-0.25, -0.2) is 13.8 Å². The van der Waals surface area contributed by atoms with Crippen LogP contribution in [-0.2, 0) is 17.8 Å². The van der Waals surface area contributed by atoms with Gasteiger partial charge < -0.3 is 9.47 Å². The minimum Gasteiger partial charge on any atom is -0.341 e. The highest BCUT2D eigenvalue weighted by molar-refractivity contribution is 5.76. The third-order valence-corrected chi connectivity index (χ3v) is 4.61. The number of piperidine rings is 1. The summed E-state index contributed by atoms with van der Waals surface area (Å²) in [6.07, 6.45) is 8.01. The van der Waals surface area contributed by atoms with E-state index < -0.39 is 11.6 Å². The normalized spacial score (nSPS) is 17.9. The Balaban J connectivity index is 1.54. The van der Waals surface area contributed by atoms with E-state index >= 15 is 0 Å². The molecule has 1 atom stereocenters. The van der Waals surface area contributed by atoms with Crippen LogP contribution in [0.15, 0.2) is 36.9 Å².